The van der Waals surface area contributed by atoms with Crippen LogP contribution in [-0.2, 0) is 12.8 Å². The van der Waals surface area contributed by atoms with E-state index in [1.165, 1.54) is 62.7 Å². The van der Waals surface area contributed by atoms with Gasteiger partial charge in [0.2, 0.25) is 0 Å². The fourth-order valence-electron chi connectivity index (χ4n) is 4.59. The van der Waals surface area contributed by atoms with Crippen LogP contribution in [0, 0.1) is 0 Å². The highest BCUT2D eigenvalue weighted by Crippen LogP contribution is 2.26. The molecule has 1 aromatic rings. The van der Waals surface area contributed by atoms with Crippen molar-refractivity contribution in [2.24, 2.45) is 0 Å². The lowest BCUT2D eigenvalue weighted by molar-refractivity contribution is 0.0708. The van der Waals surface area contributed by atoms with Gasteiger partial charge in [0.15, 0.2) is 0 Å². The van der Waals surface area contributed by atoms with Gasteiger partial charge in [-0.2, -0.15) is 0 Å². The maximum absolute atomic E-state index is 13.0. The maximum Gasteiger partial charge on any atom is 0.254 e. The number of carbonyl (C=O) groups is 1. The summed E-state index contributed by atoms with van der Waals surface area (Å²) in [6.45, 7) is 4.46. The molecular formula is C20H28N2O. The fourth-order valence-corrected chi connectivity index (χ4v) is 4.59. The fraction of sp³-hybridized carbons (Fsp3) is 0.650. The van der Waals surface area contributed by atoms with Gasteiger partial charge < -0.3 is 9.80 Å². The zero-order valence-electron chi connectivity index (χ0n) is 14.1. The number of hydrogen-bond acceptors (Lipinski definition) is 2. The summed E-state index contributed by atoms with van der Waals surface area (Å²) in [6.07, 6.45) is 9.88. The third-order valence-corrected chi connectivity index (χ3v) is 5.90. The standard InChI is InChI=1S/C20H28N2O/c23-20(18-10-9-16-6-1-2-7-17(16)14-18)22-13-5-8-19(22)15-21-11-3-4-12-21/h9-10,14,19H,1-8,11-13,15H2/t19-/m0/s1. The molecule has 2 fully saturated rings. The van der Waals surface area contributed by atoms with Crippen LogP contribution >= 0.6 is 0 Å². The first-order valence-electron chi connectivity index (χ1n) is 9.46. The average molecular weight is 312 g/mol. The Bertz CT molecular complexity index is 577. The number of nitrogens with zero attached hydrogens (tertiary/aromatic N) is 2. The van der Waals surface area contributed by atoms with Gasteiger partial charge in [-0.1, -0.05) is 6.07 Å². The van der Waals surface area contributed by atoms with Crippen LogP contribution in [0.4, 0.5) is 0 Å². The van der Waals surface area contributed by atoms with Gasteiger partial charge in [-0.15, -0.1) is 0 Å². The van der Waals surface area contributed by atoms with E-state index < -0.39 is 0 Å². The molecule has 4 rings (SSSR count). The summed E-state index contributed by atoms with van der Waals surface area (Å²) in [6, 6.07) is 6.88. The molecule has 3 heteroatoms. The molecule has 1 amide bonds. The first-order valence-corrected chi connectivity index (χ1v) is 9.46. The van der Waals surface area contributed by atoms with Gasteiger partial charge in [-0.05, 0) is 87.7 Å². The van der Waals surface area contributed by atoms with Crippen molar-refractivity contribution in [3.8, 4) is 0 Å². The number of rotatable bonds is 3. The molecule has 0 radical (unpaired) electrons. The molecule has 2 heterocycles. The van der Waals surface area contributed by atoms with E-state index in [4.69, 9.17) is 0 Å². The third kappa shape index (κ3) is 3.16. The first kappa shape index (κ1) is 15.2. The molecule has 2 saturated heterocycles. The van der Waals surface area contributed by atoms with Crippen molar-refractivity contribution in [1.82, 2.24) is 9.80 Å². The molecule has 0 saturated carbocycles. The van der Waals surface area contributed by atoms with Crippen LogP contribution in [0.2, 0.25) is 0 Å². The van der Waals surface area contributed by atoms with Crippen molar-refractivity contribution < 1.29 is 4.79 Å². The number of likely N-dealkylation sites (tertiary alicyclic amines) is 2. The molecule has 0 unspecified atom stereocenters. The van der Waals surface area contributed by atoms with Gasteiger partial charge in [0.1, 0.15) is 0 Å². The van der Waals surface area contributed by atoms with Crippen LogP contribution in [0.3, 0.4) is 0 Å². The second-order valence-electron chi connectivity index (χ2n) is 7.49. The molecular weight excluding hydrogens is 284 g/mol. The quantitative estimate of drug-likeness (QED) is 0.855. The molecule has 3 aliphatic rings. The Kier molecular flexibility index (Phi) is 4.39. The normalized spacial score (nSPS) is 24.9. The minimum absolute atomic E-state index is 0.264. The second-order valence-corrected chi connectivity index (χ2v) is 7.49. The monoisotopic (exact) mass is 312 g/mol. The Morgan fingerprint density at radius 1 is 0.957 bits per heavy atom. The third-order valence-electron chi connectivity index (χ3n) is 5.90. The molecule has 0 spiro atoms. The zero-order valence-corrected chi connectivity index (χ0v) is 14.1. The van der Waals surface area contributed by atoms with E-state index in [0.29, 0.717) is 6.04 Å². The van der Waals surface area contributed by atoms with Crippen molar-refractivity contribution in [1.29, 1.82) is 0 Å². The van der Waals surface area contributed by atoms with Gasteiger partial charge in [0.25, 0.3) is 5.91 Å². The highest BCUT2D eigenvalue weighted by Gasteiger charge is 2.31. The summed E-state index contributed by atoms with van der Waals surface area (Å²) in [5.74, 6) is 0.264. The largest absolute Gasteiger partial charge is 0.334 e. The minimum Gasteiger partial charge on any atom is -0.334 e. The zero-order chi connectivity index (χ0) is 15.6. The van der Waals surface area contributed by atoms with Crippen LogP contribution in [0.5, 0.6) is 0 Å². The topological polar surface area (TPSA) is 23.6 Å². The summed E-state index contributed by atoms with van der Waals surface area (Å²) in [4.78, 5) is 17.7. The Hall–Kier alpha value is -1.35. The van der Waals surface area contributed by atoms with Crippen molar-refractivity contribution in [2.75, 3.05) is 26.2 Å². The number of fused-ring (bicyclic) bond motifs is 1. The number of carbonyl (C=O) groups excluding carboxylic acids is 1. The van der Waals surface area contributed by atoms with E-state index in [1.807, 2.05) is 0 Å². The molecule has 3 nitrogen and oxygen atoms in total. The Morgan fingerprint density at radius 2 is 1.74 bits per heavy atom. The summed E-state index contributed by atoms with van der Waals surface area (Å²) in [5, 5.41) is 0. The van der Waals surface area contributed by atoms with Gasteiger partial charge >= 0.3 is 0 Å². The number of hydrogen-bond donors (Lipinski definition) is 0. The number of aryl methyl sites for hydroxylation is 2. The molecule has 0 N–H and O–H groups in total. The van der Waals surface area contributed by atoms with Crippen LogP contribution < -0.4 is 0 Å². The maximum atomic E-state index is 13.0. The Morgan fingerprint density at radius 3 is 2.57 bits per heavy atom. The van der Waals surface area contributed by atoms with E-state index in [-0.39, 0.29) is 5.91 Å². The predicted molar refractivity (Wildman–Crippen MR) is 92.8 cm³/mol. The van der Waals surface area contributed by atoms with Crippen LogP contribution in [-0.4, -0.2) is 47.9 Å². The highest BCUT2D eigenvalue weighted by atomic mass is 16.2. The van der Waals surface area contributed by atoms with E-state index in [2.05, 4.69) is 28.0 Å². The van der Waals surface area contributed by atoms with E-state index in [1.54, 1.807) is 0 Å². The predicted octanol–water partition coefficient (Wildman–Crippen LogP) is 3.27. The molecule has 23 heavy (non-hydrogen) atoms. The van der Waals surface area contributed by atoms with E-state index in [9.17, 15) is 4.79 Å². The molecule has 0 bridgehead atoms. The second kappa shape index (κ2) is 6.64. The van der Waals surface area contributed by atoms with Crippen molar-refractivity contribution in [2.45, 2.75) is 57.4 Å². The molecule has 1 aliphatic carbocycles. The van der Waals surface area contributed by atoms with Crippen molar-refractivity contribution in [3.63, 3.8) is 0 Å². The smallest absolute Gasteiger partial charge is 0.254 e. The van der Waals surface area contributed by atoms with E-state index >= 15 is 0 Å². The lowest BCUT2D eigenvalue weighted by Crippen LogP contribution is -2.42. The Labute approximate surface area is 139 Å². The van der Waals surface area contributed by atoms with Gasteiger partial charge in [0.05, 0.1) is 0 Å². The summed E-state index contributed by atoms with van der Waals surface area (Å²) >= 11 is 0. The Balaban J connectivity index is 1.48. The summed E-state index contributed by atoms with van der Waals surface area (Å²) in [5.41, 5.74) is 3.79. The van der Waals surface area contributed by atoms with Crippen LogP contribution in [0.25, 0.3) is 0 Å². The van der Waals surface area contributed by atoms with Gasteiger partial charge in [0, 0.05) is 24.7 Å². The van der Waals surface area contributed by atoms with Crippen molar-refractivity contribution >= 4 is 5.91 Å². The summed E-state index contributed by atoms with van der Waals surface area (Å²) in [7, 11) is 0. The summed E-state index contributed by atoms with van der Waals surface area (Å²) < 4.78 is 0. The molecule has 1 aromatic carbocycles. The minimum atomic E-state index is 0.264. The average Bonchev–Trinajstić information content (AvgIpc) is 3.26. The SMILES string of the molecule is O=C(c1ccc2c(c1)CCCC2)N1CCC[C@H]1CN1CCCC1. The first-order chi connectivity index (χ1) is 11.3. The lowest BCUT2D eigenvalue weighted by Gasteiger charge is -2.29. The van der Waals surface area contributed by atoms with E-state index in [0.717, 1.165) is 31.5 Å². The molecule has 1 atom stereocenters. The van der Waals surface area contributed by atoms with Gasteiger partial charge in [-0.25, -0.2) is 0 Å². The van der Waals surface area contributed by atoms with Crippen LogP contribution in [0.1, 0.15) is 60.0 Å². The lowest BCUT2D eigenvalue weighted by atomic mass is 9.90. The van der Waals surface area contributed by atoms with Crippen LogP contribution in [0.15, 0.2) is 18.2 Å². The number of amides is 1. The van der Waals surface area contributed by atoms with Crippen molar-refractivity contribution in [3.05, 3.63) is 34.9 Å². The number of benzene rings is 1. The molecule has 0 aromatic heterocycles. The molecule has 124 valence electrons. The highest BCUT2D eigenvalue weighted by molar-refractivity contribution is 5.95. The van der Waals surface area contributed by atoms with Gasteiger partial charge in [-0.3, -0.25) is 4.79 Å². The molecule has 2 aliphatic heterocycles.